The standard InChI is InChI=1S/C25H28N4O/c1-19(2)21-10-8-20(9-11-21)18-28-12-14-29(15-13-28)25(30)23-16-26-24(27-17-23)22-6-4-3-5-7-22/h3-11,16-17,19H,12-15,18H2,1-2H3. The monoisotopic (exact) mass is 400 g/mol. The lowest BCUT2D eigenvalue weighted by atomic mass is 10.0. The van der Waals surface area contributed by atoms with Crippen molar-refractivity contribution in [1.82, 2.24) is 19.8 Å². The first kappa shape index (κ1) is 20.2. The van der Waals surface area contributed by atoms with Gasteiger partial charge in [0, 0.05) is 50.7 Å². The second kappa shape index (κ2) is 9.18. The van der Waals surface area contributed by atoms with Crippen LogP contribution in [0.25, 0.3) is 11.4 Å². The van der Waals surface area contributed by atoms with E-state index in [0.29, 0.717) is 17.3 Å². The summed E-state index contributed by atoms with van der Waals surface area (Å²) < 4.78 is 0. The molecule has 1 aromatic heterocycles. The number of benzene rings is 2. The highest BCUT2D eigenvalue weighted by Gasteiger charge is 2.22. The van der Waals surface area contributed by atoms with Gasteiger partial charge in [-0.05, 0) is 17.0 Å². The molecule has 2 aromatic carbocycles. The molecule has 1 saturated heterocycles. The van der Waals surface area contributed by atoms with Gasteiger partial charge in [0.2, 0.25) is 0 Å². The molecule has 0 atom stereocenters. The van der Waals surface area contributed by atoms with E-state index in [1.54, 1.807) is 12.4 Å². The maximum atomic E-state index is 12.8. The third-order valence-corrected chi connectivity index (χ3v) is 5.64. The fourth-order valence-corrected chi connectivity index (χ4v) is 3.73. The van der Waals surface area contributed by atoms with Crippen molar-refractivity contribution in [3.8, 4) is 11.4 Å². The molecule has 3 aromatic rings. The Bertz CT molecular complexity index is 960. The average Bonchev–Trinajstić information content (AvgIpc) is 2.80. The van der Waals surface area contributed by atoms with Gasteiger partial charge in [0.25, 0.3) is 5.91 Å². The Balaban J connectivity index is 1.32. The van der Waals surface area contributed by atoms with Crippen LogP contribution in [0, 0.1) is 0 Å². The molecule has 1 amide bonds. The molecule has 30 heavy (non-hydrogen) atoms. The average molecular weight is 401 g/mol. The van der Waals surface area contributed by atoms with E-state index in [1.165, 1.54) is 11.1 Å². The molecular formula is C25H28N4O. The van der Waals surface area contributed by atoms with Crippen molar-refractivity contribution in [3.63, 3.8) is 0 Å². The largest absolute Gasteiger partial charge is 0.336 e. The zero-order valence-corrected chi connectivity index (χ0v) is 17.7. The van der Waals surface area contributed by atoms with Crippen LogP contribution in [0.15, 0.2) is 67.0 Å². The topological polar surface area (TPSA) is 49.3 Å². The van der Waals surface area contributed by atoms with Gasteiger partial charge < -0.3 is 4.90 Å². The summed E-state index contributed by atoms with van der Waals surface area (Å²) in [5.74, 6) is 1.20. The quantitative estimate of drug-likeness (QED) is 0.643. The Morgan fingerprint density at radius 2 is 1.53 bits per heavy atom. The minimum Gasteiger partial charge on any atom is -0.336 e. The number of amides is 1. The normalized spacial score (nSPS) is 14.8. The van der Waals surface area contributed by atoms with Crippen molar-refractivity contribution in [2.75, 3.05) is 26.2 Å². The van der Waals surface area contributed by atoms with Crippen molar-refractivity contribution >= 4 is 5.91 Å². The van der Waals surface area contributed by atoms with E-state index in [9.17, 15) is 4.79 Å². The van der Waals surface area contributed by atoms with Crippen LogP contribution in [0.4, 0.5) is 0 Å². The van der Waals surface area contributed by atoms with Crippen molar-refractivity contribution in [2.24, 2.45) is 0 Å². The third-order valence-electron chi connectivity index (χ3n) is 5.64. The summed E-state index contributed by atoms with van der Waals surface area (Å²) >= 11 is 0. The van der Waals surface area contributed by atoms with Crippen LogP contribution in [0.5, 0.6) is 0 Å². The lowest BCUT2D eigenvalue weighted by Crippen LogP contribution is -2.48. The van der Waals surface area contributed by atoms with Crippen LogP contribution in [0.1, 0.15) is 41.3 Å². The fourth-order valence-electron chi connectivity index (χ4n) is 3.73. The van der Waals surface area contributed by atoms with Crippen LogP contribution in [0.2, 0.25) is 0 Å². The summed E-state index contributed by atoms with van der Waals surface area (Å²) in [7, 11) is 0. The molecule has 1 fully saturated rings. The summed E-state index contributed by atoms with van der Waals surface area (Å²) in [4.78, 5) is 25.9. The molecule has 0 bridgehead atoms. The number of rotatable bonds is 5. The number of carbonyl (C=O) groups is 1. The van der Waals surface area contributed by atoms with E-state index in [1.807, 2.05) is 35.2 Å². The van der Waals surface area contributed by atoms with Gasteiger partial charge in [-0.15, -0.1) is 0 Å². The first-order valence-electron chi connectivity index (χ1n) is 10.6. The lowest BCUT2D eigenvalue weighted by molar-refractivity contribution is 0.0627. The fraction of sp³-hybridized carbons (Fsp3) is 0.320. The summed E-state index contributed by atoms with van der Waals surface area (Å²) in [6, 6.07) is 18.7. The van der Waals surface area contributed by atoms with Gasteiger partial charge in [-0.1, -0.05) is 68.4 Å². The Labute approximate surface area is 178 Å². The molecule has 1 aliphatic heterocycles. The van der Waals surface area contributed by atoms with Gasteiger partial charge >= 0.3 is 0 Å². The molecular weight excluding hydrogens is 372 g/mol. The van der Waals surface area contributed by atoms with E-state index in [4.69, 9.17) is 0 Å². The molecule has 154 valence electrons. The van der Waals surface area contributed by atoms with E-state index in [2.05, 4.69) is 53.0 Å². The molecule has 5 heteroatoms. The van der Waals surface area contributed by atoms with Crippen molar-refractivity contribution in [2.45, 2.75) is 26.3 Å². The maximum absolute atomic E-state index is 12.8. The predicted molar refractivity (Wildman–Crippen MR) is 119 cm³/mol. The molecule has 1 aliphatic rings. The summed E-state index contributed by atoms with van der Waals surface area (Å²) in [5, 5.41) is 0. The first-order valence-corrected chi connectivity index (χ1v) is 10.6. The van der Waals surface area contributed by atoms with Gasteiger partial charge in [0.15, 0.2) is 5.82 Å². The highest BCUT2D eigenvalue weighted by molar-refractivity contribution is 5.93. The van der Waals surface area contributed by atoms with Crippen LogP contribution in [0.3, 0.4) is 0 Å². The van der Waals surface area contributed by atoms with Gasteiger partial charge in [0.1, 0.15) is 0 Å². The first-order chi connectivity index (χ1) is 14.6. The van der Waals surface area contributed by atoms with Crippen molar-refractivity contribution in [3.05, 3.63) is 83.7 Å². The van der Waals surface area contributed by atoms with Crippen molar-refractivity contribution in [1.29, 1.82) is 0 Å². The lowest BCUT2D eigenvalue weighted by Gasteiger charge is -2.34. The summed E-state index contributed by atoms with van der Waals surface area (Å²) in [6.45, 7) is 8.56. The minimum atomic E-state index is 0.00977. The van der Waals surface area contributed by atoms with Crippen molar-refractivity contribution < 1.29 is 4.79 Å². The molecule has 0 saturated carbocycles. The SMILES string of the molecule is CC(C)c1ccc(CN2CCN(C(=O)c3cnc(-c4ccccc4)nc3)CC2)cc1. The number of hydrogen-bond donors (Lipinski definition) is 0. The van der Waals surface area contributed by atoms with E-state index >= 15 is 0 Å². The molecule has 0 unspecified atom stereocenters. The van der Waals surface area contributed by atoms with Crippen LogP contribution in [-0.4, -0.2) is 51.9 Å². The number of aromatic nitrogens is 2. The zero-order chi connectivity index (χ0) is 20.9. The molecule has 5 nitrogen and oxygen atoms in total. The summed E-state index contributed by atoms with van der Waals surface area (Å²) in [5.41, 5.74) is 4.19. The molecule has 2 heterocycles. The number of nitrogens with zero attached hydrogens (tertiary/aromatic N) is 4. The second-order valence-electron chi connectivity index (χ2n) is 8.13. The van der Waals surface area contributed by atoms with Crippen LogP contribution >= 0.6 is 0 Å². The highest BCUT2D eigenvalue weighted by atomic mass is 16.2. The number of hydrogen-bond acceptors (Lipinski definition) is 4. The van der Waals surface area contributed by atoms with E-state index in [0.717, 1.165) is 38.3 Å². The molecule has 0 spiro atoms. The van der Waals surface area contributed by atoms with Crippen LogP contribution in [-0.2, 0) is 6.54 Å². The van der Waals surface area contributed by atoms with Crippen LogP contribution < -0.4 is 0 Å². The van der Waals surface area contributed by atoms with Gasteiger partial charge in [-0.3, -0.25) is 9.69 Å². The third kappa shape index (κ3) is 4.74. The van der Waals surface area contributed by atoms with E-state index in [-0.39, 0.29) is 5.91 Å². The molecule has 4 rings (SSSR count). The molecule has 0 N–H and O–H groups in total. The number of carbonyl (C=O) groups excluding carboxylic acids is 1. The Kier molecular flexibility index (Phi) is 6.19. The smallest absolute Gasteiger partial charge is 0.257 e. The second-order valence-corrected chi connectivity index (χ2v) is 8.13. The predicted octanol–water partition coefficient (Wildman–Crippen LogP) is 4.23. The molecule has 0 radical (unpaired) electrons. The highest BCUT2D eigenvalue weighted by Crippen LogP contribution is 2.17. The minimum absolute atomic E-state index is 0.00977. The Hall–Kier alpha value is -3.05. The van der Waals surface area contributed by atoms with Gasteiger partial charge in [-0.25, -0.2) is 9.97 Å². The zero-order valence-electron chi connectivity index (χ0n) is 17.7. The molecule has 0 aliphatic carbocycles. The van der Waals surface area contributed by atoms with Gasteiger partial charge in [0.05, 0.1) is 5.56 Å². The van der Waals surface area contributed by atoms with E-state index < -0.39 is 0 Å². The Morgan fingerprint density at radius 1 is 0.900 bits per heavy atom. The Morgan fingerprint density at radius 3 is 2.13 bits per heavy atom. The van der Waals surface area contributed by atoms with Gasteiger partial charge in [-0.2, -0.15) is 0 Å². The maximum Gasteiger partial charge on any atom is 0.257 e. The summed E-state index contributed by atoms with van der Waals surface area (Å²) in [6.07, 6.45) is 3.28. The number of piperazine rings is 1.